The molecular weight excluding hydrogens is 410 g/mol. The lowest BCUT2D eigenvalue weighted by molar-refractivity contribution is -0.128. The zero-order valence-corrected chi connectivity index (χ0v) is 18.0. The first kappa shape index (κ1) is 20.9. The summed E-state index contributed by atoms with van der Waals surface area (Å²) in [6, 6.07) is 19.4. The van der Waals surface area contributed by atoms with E-state index in [2.05, 4.69) is 10.3 Å². The lowest BCUT2D eigenvalue weighted by Gasteiger charge is -2.16. The molecule has 1 saturated heterocycles. The molecule has 1 aromatic heterocycles. The number of carbonyl (C=O) groups is 3. The van der Waals surface area contributed by atoms with Crippen molar-refractivity contribution in [3.8, 4) is 11.3 Å². The van der Waals surface area contributed by atoms with Crippen molar-refractivity contribution in [2.75, 3.05) is 18.4 Å². The molecule has 0 aliphatic carbocycles. The molecule has 31 heavy (non-hydrogen) atoms. The number of hydrogen-bond donors (Lipinski definition) is 1. The topological polar surface area (TPSA) is 79.4 Å². The number of Topliss-reactive ketones (excluding diaryl/α,β-unsaturated/α-hetero) is 1. The summed E-state index contributed by atoms with van der Waals surface area (Å²) in [6.45, 7) is 2.48. The summed E-state index contributed by atoms with van der Waals surface area (Å²) in [5, 5.41) is 3.20. The Morgan fingerprint density at radius 2 is 1.77 bits per heavy atom. The molecule has 4 rings (SSSR count). The molecule has 0 saturated carbocycles. The Hall–Kier alpha value is -3.32. The van der Waals surface area contributed by atoms with Gasteiger partial charge in [0.05, 0.1) is 16.5 Å². The van der Waals surface area contributed by atoms with E-state index in [-0.39, 0.29) is 24.0 Å². The Kier molecular flexibility index (Phi) is 6.23. The predicted molar refractivity (Wildman–Crippen MR) is 121 cm³/mol. The summed E-state index contributed by atoms with van der Waals surface area (Å²) in [6.07, 6.45) is 0.951. The van der Waals surface area contributed by atoms with Crippen LogP contribution < -0.4 is 5.32 Å². The highest BCUT2D eigenvalue weighted by Gasteiger charge is 2.34. The summed E-state index contributed by atoms with van der Waals surface area (Å²) < 4.78 is 0. The largest absolute Gasteiger partial charge is 0.342 e. The second-order valence-corrected chi connectivity index (χ2v) is 8.58. The number of rotatable bonds is 7. The van der Waals surface area contributed by atoms with E-state index in [0.717, 1.165) is 17.5 Å². The Morgan fingerprint density at radius 1 is 1.10 bits per heavy atom. The summed E-state index contributed by atoms with van der Waals surface area (Å²) >= 11 is 1.17. The molecule has 1 atom stereocenters. The maximum atomic E-state index is 12.8. The summed E-state index contributed by atoms with van der Waals surface area (Å²) in [4.78, 5) is 44.0. The van der Waals surface area contributed by atoms with Crippen LogP contribution in [0.1, 0.15) is 28.6 Å². The second kappa shape index (κ2) is 9.22. The number of anilines is 1. The summed E-state index contributed by atoms with van der Waals surface area (Å²) in [5.41, 5.74) is 2.56. The van der Waals surface area contributed by atoms with Crippen molar-refractivity contribution in [3.63, 3.8) is 0 Å². The number of hydrogen-bond acceptors (Lipinski definition) is 5. The van der Waals surface area contributed by atoms with Crippen LogP contribution in [-0.2, 0) is 16.0 Å². The number of thiazole rings is 1. The fourth-order valence-corrected chi connectivity index (χ4v) is 4.57. The molecule has 0 spiro atoms. The minimum absolute atomic E-state index is 0.00961. The van der Waals surface area contributed by atoms with Crippen LogP contribution in [-0.4, -0.2) is 40.6 Å². The highest BCUT2D eigenvalue weighted by Crippen LogP contribution is 2.32. The van der Waals surface area contributed by atoms with Gasteiger partial charge in [-0.2, -0.15) is 0 Å². The molecule has 2 amide bonds. The van der Waals surface area contributed by atoms with E-state index >= 15 is 0 Å². The molecule has 1 aliphatic heterocycles. The molecular formula is C24H23N3O3S. The van der Waals surface area contributed by atoms with Gasteiger partial charge in [-0.3, -0.25) is 14.4 Å². The third-order valence-electron chi connectivity index (χ3n) is 5.32. The first-order valence-electron chi connectivity index (χ1n) is 10.2. The van der Waals surface area contributed by atoms with E-state index in [0.29, 0.717) is 28.8 Å². The maximum absolute atomic E-state index is 12.8. The predicted octanol–water partition coefficient (Wildman–Crippen LogP) is 4.04. The zero-order valence-electron chi connectivity index (χ0n) is 17.2. The Bertz CT molecular complexity index is 1100. The first-order valence-corrected chi connectivity index (χ1v) is 11.0. The summed E-state index contributed by atoms with van der Waals surface area (Å²) in [7, 11) is 0. The average molecular weight is 434 g/mol. The molecule has 7 heteroatoms. The van der Waals surface area contributed by atoms with Gasteiger partial charge in [-0.25, -0.2) is 4.98 Å². The number of carbonyl (C=O) groups excluding carboxylic acids is 3. The molecule has 6 nitrogen and oxygen atoms in total. The van der Waals surface area contributed by atoms with Crippen molar-refractivity contribution in [1.29, 1.82) is 0 Å². The standard InChI is InChI=1S/C24H23N3O3S/c1-16(28)22-21(18-10-6-3-7-11-18)25-24(31-22)26-23(30)19-14-20(29)27(15-19)13-12-17-8-4-2-5-9-17/h2-11,19H,12-15H2,1H3,(H,25,26,30). The van der Waals surface area contributed by atoms with Crippen molar-refractivity contribution in [3.05, 3.63) is 71.1 Å². The lowest BCUT2D eigenvalue weighted by Crippen LogP contribution is -2.30. The Labute approximate surface area is 184 Å². The van der Waals surface area contributed by atoms with Crippen LogP contribution in [0.4, 0.5) is 5.13 Å². The van der Waals surface area contributed by atoms with Gasteiger partial charge in [0, 0.05) is 32.0 Å². The third kappa shape index (κ3) is 4.88. The molecule has 2 aromatic carbocycles. The Morgan fingerprint density at radius 3 is 2.45 bits per heavy atom. The van der Waals surface area contributed by atoms with Crippen molar-refractivity contribution >= 4 is 34.1 Å². The fraction of sp³-hybridized carbons (Fsp3) is 0.250. The second-order valence-electron chi connectivity index (χ2n) is 7.58. The highest BCUT2D eigenvalue weighted by atomic mass is 32.1. The summed E-state index contributed by atoms with van der Waals surface area (Å²) in [5.74, 6) is -0.767. The molecule has 1 unspecified atom stereocenters. The van der Waals surface area contributed by atoms with Gasteiger partial charge in [-0.1, -0.05) is 72.0 Å². The van der Waals surface area contributed by atoms with Gasteiger partial charge >= 0.3 is 0 Å². The van der Waals surface area contributed by atoms with E-state index in [1.165, 1.54) is 18.3 Å². The molecule has 1 fully saturated rings. The third-order valence-corrected chi connectivity index (χ3v) is 6.39. The molecule has 2 heterocycles. The van der Waals surface area contributed by atoms with Crippen LogP contribution >= 0.6 is 11.3 Å². The van der Waals surface area contributed by atoms with Crippen LogP contribution in [0.3, 0.4) is 0 Å². The van der Waals surface area contributed by atoms with Crippen LogP contribution in [0.2, 0.25) is 0 Å². The lowest BCUT2D eigenvalue weighted by atomic mass is 10.1. The van der Waals surface area contributed by atoms with E-state index < -0.39 is 5.92 Å². The fourth-order valence-electron chi connectivity index (χ4n) is 3.68. The smallest absolute Gasteiger partial charge is 0.231 e. The van der Waals surface area contributed by atoms with Gasteiger partial charge < -0.3 is 10.2 Å². The van der Waals surface area contributed by atoms with Gasteiger partial charge in [0.1, 0.15) is 0 Å². The van der Waals surface area contributed by atoms with Gasteiger partial charge in [0.25, 0.3) is 0 Å². The minimum Gasteiger partial charge on any atom is -0.342 e. The van der Waals surface area contributed by atoms with E-state index in [4.69, 9.17) is 0 Å². The van der Waals surface area contributed by atoms with Crippen LogP contribution in [0.5, 0.6) is 0 Å². The minimum atomic E-state index is -0.423. The van der Waals surface area contributed by atoms with Gasteiger partial charge in [-0.05, 0) is 12.0 Å². The normalized spacial score (nSPS) is 15.8. The van der Waals surface area contributed by atoms with Crippen LogP contribution in [0.15, 0.2) is 60.7 Å². The van der Waals surface area contributed by atoms with Gasteiger partial charge in [0.15, 0.2) is 10.9 Å². The number of benzene rings is 2. The molecule has 3 aromatic rings. The van der Waals surface area contributed by atoms with Crippen LogP contribution in [0.25, 0.3) is 11.3 Å². The molecule has 0 radical (unpaired) electrons. The van der Waals surface area contributed by atoms with Crippen molar-refractivity contribution in [2.45, 2.75) is 19.8 Å². The number of aromatic nitrogens is 1. The number of ketones is 1. The zero-order chi connectivity index (χ0) is 21.8. The first-order chi connectivity index (χ1) is 15.0. The number of nitrogens with one attached hydrogen (secondary N) is 1. The van der Waals surface area contributed by atoms with E-state index in [9.17, 15) is 14.4 Å². The molecule has 0 bridgehead atoms. The molecule has 1 N–H and O–H groups in total. The SMILES string of the molecule is CC(=O)c1sc(NC(=O)C2CC(=O)N(CCc3ccccc3)C2)nc1-c1ccccc1. The Balaban J connectivity index is 1.41. The van der Waals surface area contributed by atoms with Crippen molar-refractivity contribution in [1.82, 2.24) is 9.88 Å². The van der Waals surface area contributed by atoms with Crippen LogP contribution in [0, 0.1) is 5.92 Å². The monoisotopic (exact) mass is 433 g/mol. The quantitative estimate of drug-likeness (QED) is 0.570. The number of amides is 2. The maximum Gasteiger partial charge on any atom is 0.231 e. The number of nitrogens with zero attached hydrogens (tertiary/aromatic N) is 2. The van der Waals surface area contributed by atoms with E-state index in [1.54, 1.807) is 4.90 Å². The van der Waals surface area contributed by atoms with Gasteiger partial charge in [0.2, 0.25) is 11.8 Å². The van der Waals surface area contributed by atoms with Crippen molar-refractivity contribution < 1.29 is 14.4 Å². The van der Waals surface area contributed by atoms with Gasteiger partial charge in [-0.15, -0.1) is 0 Å². The highest BCUT2D eigenvalue weighted by molar-refractivity contribution is 7.18. The molecule has 1 aliphatic rings. The molecule has 158 valence electrons. The van der Waals surface area contributed by atoms with E-state index in [1.807, 2.05) is 60.7 Å². The number of likely N-dealkylation sites (tertiary alicyclic amines) is 1. The van der Waals surface area contributed by atoms with Crippen molar-refractivity contribution in [2.24, 2.45) is 5.92 Å². The average Bonchev–Trinajstić information content (AvgIpc) is 3.37.